The molecule has 0 bridgehead atoms. The zero-order valence-corrected chi connectivity index (χ0v) is 12.1. The molecule has 2 rings (SSSR count). The van der Waals surface area contributed by atoms with E-state index in [1.54, 1.807) is 0 Å². The van der Waals surface area contributed by atoms with Crippen LogP contribution in [-0.4, -0.2) is 11.1 Å². The van der Waals surface area contributed by atoms with Crippen molar-refractivity contribution in [2.45, 2.75) is 20.8 Å². The Morgan fingerprint density at radius 3 is 2.33 bits per heavy atom. The Bertz CT molecular complexity index is 716. The van der Waals surface area contributed by atoms with Gasteiger partial charge in [0, 0.05) is 23.9 Å². The minimum absolute atomic E-state index is 0.101. The van der Waals surface area contributed by atoms with Gasteiger partial charge in [-0.2, -0.15) is 0 Å². The van der Waals surface area contributed by atoms with Gasteiger partial charge in [-0.1, -0.05) is 17.7 Å². The lowest BCUT2D eigenvalue weighted by molar-refractivity contribution is -0.384. The Labute approximate surface area is 122 Å². The van der Waals surface area contributed by atoms with Gasteiger partial charge in [0.25, 0.3) is 5.69 Å². The van der Waals surface area contributed by atoms with Crippen molar-refractivity contribution in [3.05, 3.63) is 68.5 Å². The summed E-state index contributed by atoms with van der Waals surface area (Å²) >= 11 is 0. The zero-order valence-electron chi connectivity index (χ0n) is 12.1. The molecule has 108 valence electrons. The van der Waals surface area contributed by atoms with Crippen LogP contribution in [-0.2, 0) is 0 Å². The van der Waals surface area contributed by atoms with Crippen LogP contribution in [0.15, 0.2) is 35.3 Å². The Morgan fingerprint density at radius 1 is 1.14 bits per heavy atom. The van der Waals surface area contributed by atoms with Crippen LogP contribution >= 0.6 is 0 Å². The van der Waals surface area contributed by atoms with Gasteiger partial charge >= 0.3 is 0 Å². The van der Waals surface area contributed by atoms with Crippen LogP contribution in [0.25, 0.3) is 0 Å². The summed E-state index contributed by atoms with van der Waals surface area (Å²) in [6.07, 6.45) is 1.33. The largest absolute Gasteiger partial charge is 0.270 e. The number of rotatable bonds is 3. The number of hydrogen-bond acceptors (Lipinski definition) is 3. The number of non-ortho nitro benzene ring substituents is 1. The third kappa shape index (κ3) is 3.31. The molecule has 0 N–H and O–H groups in total. The molecule has 0 aromatic heterocycles. The molecule has 5 heteroatoms. The first-order chi connectivity index (χ1) is 9.88. The van der Waals surface area contributed by atoms with Crippen LogP contribution < -0.4 is 0 Å². The second-order valence-corrected chi connectivity index (χ2v) is 4.97. The van der Waals surface area contributed by atoms with E-state index in [2.05, 4.69) is 4.99 Å². The number of nitrogens with zero attached hydrogens (tertiary/aromatic N) is 2. The maximum Gasteiger partial charge on any atom is 0.270 e. The van der Waals surface area contributed by atoms with Crippen LogP contribution in [0.2, 0.25) is 0 Å². The van der Waals surface area contributed by atoms with Crippen LogP contribution in [0, 0.1) is 36.7 Å². The van der Waals surface area contributed by atoms with E-state index >= 15 is 0 Å². The summed E-state index contributed by atoms with van der Waals surface area (Å²) in [4.78, 5) is 14.5. The van der Waals surface area contributed by atoms with Crippen molar-refractivity contribution < 1.29 is 9.31 Å². The molecule has 0 unspecified atom stereocenters. The molecule has 0 spiro atoms. The lowest BCUT2D eigenvalue weighted by Crippen LogP contribution is -1.93. The molecular weight excluding hydrogens is 271 g/mol. The molecule has 0 aliphatic carbocycles. The smallest absolute Gasteiger partial charge is 0.258 e. The fourth-order valence-corrected chi connectivity index (χ4v) is 2.25. The van der Waals surface area contributed by atoms with E-state index < -0.39 is 10.7 Å². The third-order valence-corrected chi connectivity index (χ3v) is 3.16. The molecule has 2 aromatic rings. The Hall–Kier alpha value is -2.56. The average Bonchev–Trinajstić information content (AvgIpc) is 2.39. The van der Waals surface area contributed by atoms with Gasteiger partial charge in [-0.15, -0.1) is 0 Å². The van der Waals surface area contributed by atoms with Crippen molar-refractivity contribution in [3.63, 3.8) is 0 Å². The first-order valence-corrected chi connectivity index (χ1v) is 6.44. The van der Waals surface area contributed by atoms with Gasteiger partial charge in [-0.3, -0.25) is 15.1 Å². The summed E-state index contributed by atoms with van der Waals surface area (Å²) < 4.78 is 13.7. The predicted molar refractivity (Wildman–Crippen MR) is 81.0 cm³/mol. The molecule has 0 aliphatic rings. The van der Waals surface area contributed by atoms with Gasteiger partial charge in [0.05, 0.1) is 10.6 Å². The lowest BCUT2D eigenvalue weighted by Gasteiger charge is -2.06. The van der Waals surface area contributed by atoms with Crippen molar-refractivity contribution in [1.29, 1.82) is 0 Å². The molecule has 21 heavy (non-hydrogen) atoms. The summed E-state index contributed by atoms with van der Waals surface area (Å²) in [6, 6.07) is 7.37. The normalized spacial score (nSPS) is 11.0. The van der Waals surface area contributed by atoms with E-state index in [0.29, 0.717) is 0 Å². The maximum atomic E-state index is 13.7. The molecule has 0 amide bonds. The van der Waals surface area contributed by atoms with Gasteiger partial charge in [0.1, 0.15) is 5.82 Å². The number of aryl methyl sites for hydroxylation is 3. The van der Waals surface area contributed by atoms with E-state index in [4.69, 9.17) is 0 Å². The quantitative estimate of drug-likeness (QED) is 0.476. The number of hydrogen-bond donors (Lipinski definition) is 0. The van der Waals surface area contributed by atoms with Crippen LogP contribution in [0.4, 0.5) is 15.8 Å². The number of nitro benzene ring substituents is 1. The SMILES string of the molecule is Cc1cc(C)c(N=Cc2cc([N+](=O)[O-])ccc2F)c(C)c1. The van der Waals surface area contributed by atoms with E-state index in [-0.39, 0.29) is 11.3 Å². The topological polar surface area (TPSA) is 55.5 Å². The number of halogens is 1. The molecule has 0 atom stereocenters. The molecule has 4 nitrogen and oxygen atoms in total. The molecule has 2 aromatic carbocycles. The third-order valence-electron chi connectivity index (χ3n) is 3.16. The standard InChI is InChI=1S/C16H15FN2O2/c1-10-6-11(2)16(12(3)7-10)18-9-13-8-14(19(20)21)4-5-15(13)17/h4-9H,1-3H3. The summed E-state index contributed by atoms with van der Waals surface area (Å²) in [5, 5.41) is 10.7. The average molecular weight is 286 g/mol. The van der Waals surface area contributed by atoms with E-state index in [1.165, 1.54) is 12.3 Å². The van der Waals surface area contributed by atoms with Gasteiger partial charge < -0.3 is 0 Å². The number of benzene rings is 2. The molecule has 0 saturated heterocycles. The second kappa shape index (κ2) is 5.83. The molecular formula is C16H15FN2O2. The Morgan fingerprint density at radius 2 is 1.76 bits per heavy atom. The molecule has 0 aliphatic heterocycles. The minimum Gasteiger partial charge on any atom is -0.258 e. The van der Waals surface area contributed by atoms with Gasteiger partial charge in [-0.05, 0) is 38.0 Å². The van der Waals surface area contributed by atoms with E-state index in [1.807, 2.05) is 32.9 Å². The van der Waals surface area contributed by atoms with Crippen LogP contribution in [0.3, 0.4) is 0 Å². The zero-order chi connectivity index (χ0) is 15.6. The molecule has 0 fully saturated rings. The summed E-state index contributed by atoms with van der Waals surface area (Å²) in [7, 11) is 0. The number of aliphatic imine (C=N–C) groups is 1. The minimum atomic E-state index is -0.556. The lowest BCUT2D eigenvalue weighted by atomic mass is 10.1. The Kier molecular flexibility index (Phi) is 4.12. The monoisotopic (exact) mass is 286 g/mol. The van der Waals surface area contributed by atoms with Crippen LogP contribution in [0.1, 0.15) is 22.3 Å². The molecule has 0 radical (unpaired) electrons. The first-order valence-electron chi connectivity index (χ1n) is 6.44. The van der Waals surface area contributed by atoms with Gasteiger partial charge in [0.2, 0.25) is 0 Å². The predicted octanol–water partition coefficient (Wildman–Crippen LogP) is 4.41. The Balaban J connectivity index is 2.42. The van der Waals surface area contributed by atoms with E-state index in [9.17, 15) is 14.5 Å². The summed E-state index contributed by atoms with van der Waals surface area (Å²) in [5.41, 5.74) is 3.79. The maximum absolute atomic E-state index is 13.7. The van der Waals surface area contributed by atoms with Crippen molar-refractivity contribution in [3.8, 4) is 0 Å². The van der Waals surface area contributed by atoms with Gasteiger partial charge in [0.15, 0.2) is 0 Å². The van der Waals surface area contributed by atoms with E-state index in [0.717, 1.165) is 34.5 Å². The van der Waals surface area contributed by atoms with Crippen molar-refractivity contribution in [1.82, 2.24) is 0 Å². The highest BCUT2D eigenvalue weighted by Crippen LogP contribution is 2.25. The highest BCUT2D eigenvalue weighted by atomic mass is 19.1. The van der Waals surface area contributed by atoms with Crippen molar-refractivity contribution in [2.75, 3.05) is 0 Å². The summed E-state index contributed by atoms with van der Waals surface area (Å²) in [6.45, 7) is 5.85. The molecule has 0 saturated carbocycles. The number of nitro groups is 1. The highest BCUT2D eigenvalue weighted by molar-refractivity contribution is 5.84. The van der Waals surface area contributed by atoms with Crippen LogP contribution in [0.5, 0.6) is 0 Å². The van der Waals surface area contributed by atoms with Crippen molar-refractivity contribution in [2.24, 2.45) is 4.99 Å². The second-order valence-electron chi connectivity index (χ2n) is 4.97. The van der Waals surface area contributed by atoms with Gasteiger partial charge in [-0.25, -0.2) is 4.39 Å². The fourth-order valence-electron chi connectivity index (χ4n) is 2.25. The first kappa shape index (κ1) is 14.8. The molecule has 0 heterocycles. The van der Waals surface area contributed by atoms with Crippen molar-refractivity contribution >= 4 is 17.6 Å². The fraction of sp³-hybridized carbons (Fsp3) is 0.188. The summed E-state index contributed by atoms with van der Waals surface area (Å²) in [5.74, 6) is -0.535. The highest BCUT2D eigenvalue weighted by Gasteiger charge is 2.09.